The lowest BCUT2D eigenvalue weighted by Gasteiger charge is -2.30. The molecule has 3 N–H and O–H groups in total. The smallest absolute Gasteiger partial charge is 0.220 e. The standard InChI is InChI=1S/C13H27N3O2/c1-11(5-6-14)3-4-13(17)15-9-12-10-16(2)7-8-18-12/h11-12H,3-10,14H2,1-2H3,(H,15,17). The fraction of sp³-hybridized carbons (Fsp3) is 0.923. The zero-order valence-corrected chi connectivity index (χ0v) is 11.7. The lowest BCUT2D eigenvalue weighted by molar-refractivity contribution is -0.122. The maximum absolute atomic E-state index is 11.7. The number of nitrogens with one attached hydrogen (secondary N) is 1. The second-order valence-corrected chi connectivity index (χ2v) is 5.28. The molecule has 1 amide bonds. The Morgan fingerprint density at radius 3 is 3.00 bits per heavy atom. The average Bonchev–Trinajstić information content (AvgIpc) is 2.34. The average molecular weight is 257 g/mol. The Balaban J connectivity index is 2.09. The van der Waals surface area contributed by atoms with Gasteiger partial charge in [0, 0.05) is 26.1 Å². The van der Waals surface area contributed by atoms with Crippen molar-refractivity contribution in [2.24, 2.45) is 11.7 Å². The summed E-state index contributed by atoms with van der Waals surface area (Å²) in [5.41, 5.74) is 5.48. The lowest BCUT2D eigenvalue weighted by Crippen LogP contribution is -2.45. The van der Waals surface area contributed by atoms with Crippen LogP contribution < -0.4 is 11.1 Å². The first-order valence-electron chi connectivity index (χ1n) is 6.88. The van der Waals surface area contributed by atoms with Crippen molar-refractivity contribution in [1.82, 2.24) is 10.2 Å². The number of hydrogen-bond acceptors (Lipinski definition) is 4. The molecule has 0 aromatic rings. The molecule has 0 aromatic carbocycles. The molecule has 0 bridgehead atoms. The monoisotopic (exact) mass is 257 g/mol. The van der Waals surface area contributed by atoms with E-state index in [2.05, 4.69) is 24.2 Å². The second kappa shape index (κ2) is 8.45. The molecule has 1 rings (SSSR count). The fourth-order valence-electron chi connectivity index (χ4n) is 2.11. The molecule has 2 unspecified atom stereocenters. The van der Waals surface area contributed by atoms with Gasteiger partial charge in [-0.15, -0.1) is 0 Å². The van der Waals surface area contributed by atoms with E-state index in [1.54, 1.807) is 0 Å². The van der Waals surface area contributed by atoms with Gasteiger partial charge in [0.25, 0.3) is 0 Å². The van der Waals surface area contributed by atoms with E-state index in [0.29, 0.717) is 25.4 Å². The van der Waals surface area contributed by atoms with E-state index in [1.165, 1.54) is 0 Å². The maximum atomic E-state index is 11.7. The van der Waals surface area contributed by atoms with Crippen molar-refractivity contribution in [3.05, 3.63) is 0 Å². The summed E-state index contributed by atoms with van der Waals surface area (Å²) in [4.78, 5) is 13.9. The molecule has 1 aliphatic rings. The first kappa shape index (κ1) is 15.4. The number of ether oxygens (including phenoxy) is 1. The van der Waals surface area contributed by atoms with Crippen LogP contribution in [0.3, 0.4) is 0 Å². The van der Waals surface area contributed by atoms with Crippen LogP contribution in [0.4, 0.5) is 0 Å². The van der Waals surface area contributed by atoms with Crippen molar-refractivity contribution in [2.45, 2.75) is 32.3 Å². The highest BCUT2D eigenvalue weighted by Gasteiger charge is 2.18. The largest absolute Gasteiger partial charge is 0.374 e. The van der Waals surface area contributed by atoms with Crippen molar-refractivity contribution in [3.63, 3.8) is 0 Å². The van der Waals surface area contributed by atoms with Gasteiger partial charge in [-0.05, 0) is 32.4 Å². The Bertz CT molecular complexity index is 248. The van der Waals surface area contributed by atoms with Gasteiger partial charge >= 0.3 is 0 Å². The third-order valence-electron chi connectivity index (χ3n) is 3.39. The van der Waals surface area contributed by atoms with E-state index in [0.717, 1.165) is 32.5 Å². The molecule has 5 heteroatoms. The molecule has 2 atom stereocenters. The summed E-state index contributed by atoms with van der Waals surface area (Å²) < 4.78 is 5.59. The Labute approximate surface area is 110 Å². The van der Waals surface area contributed by atoms with Crippen LogP contribution in [0.2, 0.25) is 0 Å². The molecule has 5 nitrogen and oxygen atoms in total. The normalized spacial score (nSPS) is 22.7. The zero-order chi connectivity index (χ0) is 13.4. The number of likely N-dealkylation sites (N-methyl/N-ethyl adjacent to an activating group) is 1. The lowest BCUT2D eigenvalue weighted by atomic mass is 10.0. The molecule has 18 heavy (non-hydrogen) atoms. The predicted molar refractivity (Wildman–Crippen MR) is 72.3 cm³/mol. The maximum Gasteiger partial charge on any atom is 0.220 e. The summed E-state index contributed by atoms with van der Waals surface area (Å²) in [6.07, 6.45) is 2.62. The van der Waals surface area contributed by atoms with Gasteiger partial charge in [0.1, 0.15) is 0 Å². The van der Waals surface area contributed by atoms with Crippen molar-refractivity contribution < 1.29 is 9.53 Å². The van der Waals surface area contributed by atoms with Gasteiger partial charge in [-0.2, -0.15) is 0 Å². The summed E-state index contributed by atoms with van der Waals surface area (Å²) in [7, 11) is 2.08. The Morgan fingerprint density at radius 2 is 2.33 bits per heavy atom. The molecule has 0 aliphatic carbocycles. The van der Waals surface area contributed by atoms with Crippen molar-refractivity contribution in [3.8, 4) is 0 Å². The fourth-order valence-corrected chi connectivity index (χ4v) is 2.11. The van der Waals surface area contributed by atoms with Crippen LogP contribution in [0, 0.1) is 5.92 Å². The molecule has 0 saturated carbocycles. The highest BCUT2D eigenvalue weighted by atomic mass is 16.5. The summed E-state index contributed by atoms with van der Waals surface area (Å²) in [6, 6.07) is 0. The molecule has 1 fully saturated rings. The van der Waals surface area contributed by atoms with Gasteiger partial charge in [-0.3, -0.25) is 4.79 Å². The third-order valence-corrected chi connectivity index (χ3v) is 3.39. The van der Waals surface area contributed by atoms with Crippen LogP contribution in [0.1, 0.15) is 26.2 Å². The van der Waals surface area contributed by atoms with Gasteiger partial charge in [-0.1, -0.05) is 6.92 Å². The Hall–Kier alpha value is -0.650. The van der Waals surface area contributed by atoms with Crippen LogP contribution in [0.5, 0.6) is 0 Å². The molecule has 1 heterocycles. The van der Waals surface area contributed by atoms with E-state index in [1.807, 2.05) is 0 Å². The molecule has 0 aromatic heterocycles. The van der Waals surface area contributed by atoms with Crippen molar-refractivity contribution >= 4 is 5.91 Å². The minimum Gasteiger partial charge on any atom is -0.374 e. The molecular weight excluding hydrogens is 230 g/mol. The minimum absolute atomic E-state index is 0.121. The van der Waals surface area contributed by atoms with E-state index < -0.39 is 0 Å². The second-order valence-electron chi connectivity index (χ2n) is 5.28. The van der Waals surface area contributed by atoms with Crippen molar-refractivity contribution in [1.29, 1.82) is 0 Å². The molecule has 106 valence electrons. The first-order valence-corrected chi connectivity index (χ1v) is 6.88. The van der Waals surface area contributed by atoms with Crippen LogP contribution in [-0.2, 0) is 9.53 Å². The van der Waals surface area contributed by atoms with Gasteiger partial charge in [-0.25, -0.2) is 0 Å². The topological polar surface area (TPSA) is 67.6 Å². The number of carbonyl (C=O) groups is 1. The van der Waals surface area contributed by atoms with Gasteiger partial charge < -0.3 is 20.7 Å². The number of nitrogens with two attached hydrogens (primary N) is 1. The van der Waals surface area contributed by atoms with Crippen LogP contribution in [-0.4, -0.2) is 56.7 Å². The van der Waals surface area contributed by atoms with Crippen LogP contribution in [0.25, 0.3) is 0 Å². The minimum atomic E-state index is 0.121. The highest BCUT2D eigenvalue weighted by Crippen LogP contribution is 2.09. The van der Waals surface area contributed by atoms with E-state index in [4.69, 9.17) is 10.5 Å². The zero-order valence-electron chi connectivity index (χ0n) is 11.7. The molecule has 1 saturated heterocycles. The number of amides is 1. The molecular formula is C13H27N3O2. The number of rotatable bonds is 7. The SMILES string of the molecule is CC(CCN)CCC(=O)NCC1CN(C)CCO1. The van der Waals surface area contributed by atoms with E-state index in [9.17, 15) is 4.79 Å². The van der Waals surface area contributed by atoms with Gasteiger partial charge in [0.05, 0.1) is 12.7 Å². The molecule has 0 spiro atoms. The quantitative estimate of drug-likeness (QED) is 0.683. The number of morpholine rings is 1. The first-order chi connectivity index (χ1) is 8.61. The van der Waals surface area contributed by atoms with Gasteiger partial charge in [0.2, 0.25) is 5.91 Å². The summed E-state index contributed by atoms with van der Waals surface area (Å²) in [5, 5.41) is 2.95. The van der Waals surface area contributed by atoms with Crippen LogP contribution in [0.15, 0.2) is 0 Å². The summed E-state index contributed by atoms with van der Waals surface area (Å²) >= 11 is 0. The van der Waals surface area contributed by atoms with Crippen molar-refractivity contribution in [2.75, 3.05) is 39.8 Å². The van der Waals surface area contributed by atoms with Crippen LogP contribution >= 0.6 is 0 Å². The van der Waals surface area contributed by atoms with Gasteiger partial charge in [0.15, 0.2) is 0 Å². The van der Waals surface area contributed by atoms with E-state index >= 15 is 0 Å². The summed E-state index contributed by atoms with van der Waals surface area (Å²) in [5.74, 6) is 0.647. The predicted octanol–water partition coefficient (Wildman–Crippen LogP) is 0.198. The third kappa shape index (κ3) is 6.33. The number of hydrogen-bond donors (Lipinski definition) is 2. The number of carbonyl (C=O) groups excluding carboxylic acids is 1. The van der Waals surface area contributed by atoms with E-state index in [-0.39, 0.29) is 12.0 Å². The Kier molecular flexibility index (Phi) is 7.23. The molecule has 1 aliphatic heterocycles. The Morgan fingerprint density at radius 1 is 1.56 bits per heavy atom. The highest BCUT2D eigenvalue weighted by molar-refractivity contribution is 5.75. The number of nitrogens with zero attached hydrogens (tertiary/aromatic N) is 1. The summed E-state index contributed by atoms with van der Waals surface area (Å²) in [6.45, 7) is 6.08. The molecule has 0 radical (unpaired) electrons.